The molecule has 2 heterocycles. The third kappa shape index (κ3) is 2.94. The van der Waals surface area contributed by atoms with E-state index in [0.29, 0.717) is 6.07 Å². The van der Waals surface area contributed by atoms with E-state index in [1.165, 1.54) is 0 Å². The van der Waals surface area contributed by atoms with E-state index in [0.717, 1.165) is 12.1 Å². The maximum Gasteiger partial charge on any atom is 0.403 e. The Kier molecular flexibility index (Phi) is 3.59. The summed E-state index contributed by atoms with van der Waals surface area (Å²) in [6.07, 6.45) is -4.26. The Labute approximate surface area is 121 Å². The van der Waals surface area contributed by atoms with Gasteiger partial charge in [-0.1, -0.05) is 5.16 Å². The molecule has 1 fully saturated rings. The third-order valence-electron chi connectivity index (χ3n) is 3.40. The molecule has 0 spiro atoms. The molecule has 4 nitrogen and oxygen atoms in total. The van der Waals surface area contributed by atoms with Gasteiger partial charge in [-0.2, -0.15) is 18.2 Å². The van der Waals surface area contributed by atoms with Gasteiger partial charge < -0.3 is 4.52 Å². The summed E-state index contributed by atoms with van der Waals surface area (Å²) in [6.45, 7) is 0. The van der Waals surface area contributed by atoms with Gasteiger partial charge in [-0.3, -0.25) is 5.32 Å². The summed E-state index contributed by atoms with van der Waals surface area (Å²) in [7, 11) is 0. The van der Waals surface area contributed by atoms with Crippen molar-refractivity contribution in [3.63, 3.8) is 0 Å². The Morgan fingerprint density at radius 3 is 2.36 bits per heavy atom. The molecule has 1 saturated heterocycles. The normalized spacial score (nSPS) is 22.2. The lowest BCUT2D eigenvalue weighted by Gasteiger charge is -2.15. The second-order valence-electron chi connectivity index (χ2n) is 5.01. The quantitative estimate of drug-likeness (QED) is 0.862. The highest BCUT2D eigenvalue weighted by Crippen LogP contribution is 2.34. The predicted molar refractivity (Wildman–Crippen MR) is 64.6 cm³/mol. The maximum absolute atomic E-state index is 13.1. The molecule has 0 saturated carbocycles. The van der Waals surface area contributed by atoms with Gasteiger partial charge in [0, 0.05) is 11.6 Å². The Morgan fingerprint density at radius 1 is 1.09 bits per heavy atom. The lowest BCUT2D eigenvalue weighted by atomic mass is 10.2. The maximum atomic E-state index is 13.1. The van der Waals surface area contributed by atoms with Gasteiger partial charge in [-0.15, -0.1) is 0 Å². The van der Waals surface area contributed by atoms with Gasteiger partial charge in [-0.25, -0.2) is 8.78 Å². The fraction of sp³-hybridized carbons (Fsp3) is 0.385. The minimum absolute atomic E-state index is 0.0357. The van der Waals surface area contributed by atoms with E-state index in [4.69, 9.17) is 4.52 Å². The van der Waals surface area contributed by atoms with Crippen LogP contribution in [0.5, 0.6) is 0 Å². The number of nitrogens with one attached hydrogen (secondary N) is 1. The number of halogens is 5. The van der Waals surface area contributed by atoms with Crippen molar-refractivity contribution in [2.75, 3.05) is 0 Å². The lowest BCUT2D eigenvalue weighted by Crippen LogP contribution is -2.38. The van der Waals surface area contributed by atoms with Crippen LogP contribution in [0, 0.1) is 11.6 Å². The van der Waals surface area contributed by atoms with E-state index >= 15 is 0 Å². The summed E-state index contributed by atoms with van der Waals surface area (Å²) in [6, 6.07) is 0.360. The number of aromatic nitrogens is 2. The molecule has 0 bridgehead atoms. The van der Waals surface area contributed by atoms with Crippen LogP contribution in [0.25, 0.3) is 11.4 Å². The molecule has 1 aliphatic rings. The summed E-state index contributed by atoms with van der Waals surface area (Å²) in [5.41, 5.74) is 0.0536. The van der Waals surface area contributed by atoms with Gasteiger partial charge in [0.1, 0.15) is 17.7 Å². The first kappa shape index (κ1) is 14.9. The highest BCUT2D eigenvalue weighted by molar-refractivity contribution is 5.54. The summed E-state index contributed by atoms with van der Waals surface area (Å²) in [4.78, 5) is 3.92. The zero-order valence-electron chi connectivity index (χ0n) is 11.0. The smallest absolute Gasteiger partial charge is 0.337 e. The zero-order valence-corrected chi connectivity index (χ0v) is 11.0. The van der Waals surface area contributed by atoms with Crippen LogP contribution in [0.3, 0.4) is 0 Å². The molecule has 0 aliphatic carbocycles. The monoisotopic (exact) mass is 319 g/mol. The fourth-order valence-electron chi connectivity index (χ4n) is 2.37. The first-order chi connectivity index (χ1) is 10.3. The Hall–Kier alpha value is -2.03. The highest BCUT2D eigenvalue weighted by atomic mass is 19.4. The topological polar surface area (TPSA) is 51.0 Å². The standard InChI is InChI=1S/C13H10F5N3O/c14-7-3-6(4-8(15)5-7)11-20-12(22-21-11)9-1-2-10(19-9)13(16,17)18/h3-5,9-10,19H,1-2H2/t9-,10+/m0/s1. The van der Waals surface area contributed by atoms with Crippen molar-refractivity contribution in [3.8, 4) is 11.4 Å². The molecule has 1 aromatic carbocycles. The van der Waals surface area contributed by atoms with Gasteiger partial charge in [0.2, 0.25) is 11.7 Å². The highest BCUT2D eigenvalue weighted by Gasteiger charge is 2.45. The molecule has 0 unspecified atom stereocenters. The van der Waals surface area contributed by atoms with Crippen LogP contribution < -0.4 is 5.32 Å². The van der Waals surface area contributed by atoms with Crippen molar-refractivity contribution in [2.24, 2.45) is 0 Å². The summed E-state index contributed by atoms with van der Waals surface area (Å²) in [5.74, 6) is -1.73. The van der Waals surface area contributed by atoms with Crippen LogP contribution in [0.2, 0.25) is 0 Å². The van der Waals surface area contributed by atoms with Gasteiger partial charge >= 0.3 is 6.18 Å². The van der Waals surface area contributed by atoms with Crippen LogP contribution >= 0.6 is 0 Å². The molecule has 1 aromatic heterocycles. The van der Waals surface area contributed by atoms with Crippen molar-refractivity contribution in [1.82, 2.24) is 15.5 Å². The molecule has 118 valence electrons. The molecule has 9 heteroatoms. The van der Waals surface area contributed by atoms with E-state index in [1.54, 1.807) is 0 Å². The number of nitrogens with zero attached hydrogens (tertiary/aromatic N) is 2. The molecule has 3 rings (SSSR count). The second-order valence-corrected chi connectivity index (χ2v) is 5.01. The molecule has 1 aliphatic heterocycles. The van der Waals surface area contributed by atoms with Gasteiger partial charge in [-0.05, 0) is 25.0 Å². The third-order valence-corrected chi connectivity index (χ3v) is 3.40. The van der Waals surface area contributed by atoms with Crippen molar-refractivity contribution in [2.45, 2.75) is 31.1 Å². The van der Waals surface area contributed by atoms with E-state index < -0.39 is 29.9 Å². The van der Waals surface area contributed by atoms with Crippen LogP contribution in [0.4, 0.5) is 22.0 Å². The van der Waals surface area contributed by atoms with E-state index in [1.807, 2.05) is 0 Å². The second kappa shape index (κ2) is 5.31. The number of alkyl halides is 3. The molecule has 22 heavy (non-hydrogen) atoms. The van der Waals surface area contributed by atoms with E-state index in [2.05, 4.69) is 15.5 Å². The van der Waals surface area contributed by atoms with Gasteiger partial charge in [0.25, 0.3) is 0 Å². The largest absolute Gasteiger partial charge is 0.403 e. The number of hydrogen-bond acceptors (Lipinski definition) is 4. The van der Waals surface area contributed by atoms with Crippen LogP contribution in [0.1, 0.15) is 24.8 Å². The first-order valence-corrected chi connectivity index (χ1v) is 6.46. The summed E-state index contributed by atoms with van der Waals surface area (Å²) in [5, 5.41) is 5.93. The Bertz CT molecular complexity index is 664. The Morgan fingerprint density at radius 2 is 1.77 bits per heavy atom. The number of rotatable bonds is 2. The average molecular weight is 319 g/mol. The lowest BCUT2D eigenvalue weighted by molar-refractivity contribution is -0.152. The van der Waals surface area contributed by atoms with Crippen molar-refractivity contribution >= 4 is 0 Å². The summed E-state index contributed by atoms with van der Waals surface area (Å²) < 4.78 is 69.0. The zero-order chi connectivity index (χ0) is 15.9. The average Bonchev–Trinajstić information content (AvgIpc) is 3.06. The van der Waals surface area contributed by atoms with Crippen molar-refractivity contribution in [1.29, 1.82) is 0 Å². The molecule has 0 amide bonds. The molecule has 2 atom stereocenters. The molecule has 0 radical (unpaired) electrons. The SMILES string of the molecule is Fc1cc(F)cc(-c2noc([C@@H]3CC[C@H](C(F)(F)F)N3)n2)c1. The minimum Gasteiger partial charge on any atom is -0.337 e. The van der Waals surface area contributed by atoms with Gasteiger partial charge in [0.05, 0.1) is 6.04 Å². The first-order valence-electron chi connectivity index (χ1n) is 6.46. The van der Waals surface area contributed by atoms with Gasteiger partial charge in [0.15, 0.2) is 0 Å². The predicted octanol–water partition coefficient (Wildman–Crippen LogP) is 3.37. The van der Waals surface area contributed by atoms with Crippen molar-refractivity contribution in [3.05, 3.63) is 35.7 Å². The number of benzene rings is 1. The van der Waals surface area contributed by atoms with E-state index in [-0.39, 0.29) is 30.1 Å². The molecule has 1 N–H and O–H groups in total. The molecular formula is C13H10F5N3O. The molecule has 2 aromatic rings. The van der Waals surface area contributed by atoms with Crippen LogP contribution in [-0.4, -0.2) is 22.4 Å². The fourth-order valence-corrected chi connectivity index (χ4v) is 2.37. The minimum atomic E-state index is -4.34. The van der Waals surface area contributed by atoms with Crippen LogP contribution in [0.15, 0.2) is 22.7 Å². The summed E-state index contributed by atoms with van der Waals surface area (Å²) >= 11 is 0. The van der Waals surface area contributed by atoms with Crippen LogP contribution in [-0.2, 0) is 0 Å². The van der Waals surface area contributed by atoms with Crippen molar-refractivity contribution < 1.29 is 26.5 Å². The molecular weight excluding hydrogens is 309 g/mol. The van der Waals surface area contributed by atoms with E-state index in [9.17, 15) is 22.0 Å². The Balaban J connectivity index is 1.80. The number of hydrogen-bond donors (Lipinski definition) is 1.